The van der Waals surface area contributed by atoms with Crippen molar-refractivity contribution in [3.8, 4) is 6.07 Å². The number of carbonyl (C=O) groups excluding carboxylic acids is 3. The van der Waals surface area contributed by atoms with Gasteiger partial charge in [-0.2, -0.15) is 5.26 Å². The summed E-state index contributed by atoms with van der Waals surface area (Å²) < 4.78 is 0. The molecular weight excluding hydrogens is 320 g/mol. The van der Waals surface area contributed by atoms with Gasteiger partial charge in [0.25, 0.3) is 11.8 Å². The van der Waals surface area contributed by atoms with Crippen molar-refractivity contribution in [3.63, 3.8) is 0 Å². The van der Waals surface area contributed by atoms with Crippen molar-refractivity contribution in [1.29, 1.82) is 5.26 Å². The predicted octanol–water partition coefficient (Wildman–Crippen LogP) is 1.98. The average molecular weight is 334 g/mol. The van der Waals surface area contributed by atoms with E-state index < -0.39 is 6.03 Å². The summed E-state index contributed by atoms with van der Waals surface area (Å²) in [6, 6.07) is 14.7. The first-order valence-electron chi connectivity index (χ1n) is 7.61. The Bertz CT molecular complexity index is 866. The van der Waals surface area contributed by atoms with E-state index in [4.69, 9.17) is 5.26 Å². The molecule has 124 valence electrons. The number of para-hydroxylation sites is 1. The molecule has 1 heterocycles. The molecule has 4 amide bonds. The fourth-order valence-electron chi connectivity index (χ4n) is 2.58. The molecule has 0 radical (unpaired) electrons. The van der Waals surface area contributed by atoms with Crippen molar-refractivity contribution in [2.24, 2.45) is 0 Å². The Balaban J connectivity index is 1.55. The number of fused-ring (bicyclic) bond motifs is 1. The van der Waals surface area contributed by atoms with E-state index in [1.165, 1.54) is 0 Å². The van der Waals surface area contributed by atoms with Gasteiger partial charge in [0.15, 0.2) is 0 Å². The van der Waals surface area contributed by atoms with Gasteiger partial charge in [-0.3, -0.25) is 14.5 Å². The van der Waals surface area contributed by atoms with E-state index in [0.717, 1.165) is 4.90 Å². The lowest BCUT2D eigenvalue weighted by molar-refractivity contribution is 0.0656. The highest BCUT2D eigenvalue weighted by Crippen LogP contribution is 2.21. The number of rotatable bonds is 4. The van der Waals surface area contributed by atoms with Crippen molar-refractivity contribution >= 4 is 23.5 Å². The van der Waals surface area contributed by atoms with E-state index in [1.807, 2.05) is 6.07 Å². The average Bonchev–Trinajstić information content (AvgIpc) is 2.87. The minimum Gasteiger partial charge on any atom is -0.336 e. The lowest BCUT2D eigenvalue weighted by Crippen LogP contribution is -2.39. The van der Waals surface area contributed by atoms with E-state index in [2.05, 4.69) is 10.6 Å². The van der Waals surface area contributed by atoms with Crippen LogP contribution in [0.5, 0.6) is 0 Å². The summed E-state index contributed by atoms with van der Waals surface area (Å²) in [7, 11) is 0. The Morgan fingerprint density at radius 1 is 1.00 bits per heavy atom. The van der Waals surface area contributed by atoms with Crippen LogP contribution in [0.15, 0.2) is 48.5 Å². The number of nitriles is 1. The van der Waals surface area contributed by atoms with E-state index in [-0.39, 0.29) is 24.9 Å². The number of anilines is 1. The van der Waals surface area contributed by atoms with Crippen LogP contribution in [0.4, 0.5) is 10.5 Å². The highest BCUT2D eigenvalue weighted by molar-refractivity contribution is 6.21. The number of benzene rings is 2. The molecule has 0 aromatic heterocycles. The molecule has 0 unspecified atom stereocenters. The minimum absolute atomic E-state index is 0.0691. The molecule has 0 saturated carbocycles. The number of hydrogen-bond donors (Lipinski definition) is 2. The molecule has 7 nitrogen and oxygen atoms in total. The topological polar surface area (TPSA) is 102 Å². The van der Waals surface area contributed by atoms with Gasteiger partial charge in [-0.15, -0.1) is 0 Å². The molecule has 0 saturated heterocycles. The highest BCUT2D eigenvalue weighted by Gasteiger charge is 2.34. The second-order valence-corrected chi connectivity index (χ2v) is 5.35. The lowest BCUT2D eigenvalue weighted by atomic mass is 10.1. The molecule has 1 aliphatic rings. The van der Waals surface area contributed by atoms with Gasteiger partial charge in [0.1, 0.15) is 6.07 Å². The van der Waals surface area contributed by atoms with Crippen LogP contribution in [0.3, 0.4) is 0 Å². The van der Waals surface area contributed by atoms with Gasteiger partial charge in [-0.05, 0) is 24.3 Å². The highest BCUT2D eigenvalue weighted by atomic mass is 16.2. The number of urea groups is 1. The Labute approximate surface area is 143 Å². The molecular formula is C18H14N4O3. The van der Waals surface area contributed by atoms with E-state index in [1.54, 1.807) is 48.5 Å². The molecule has 25 heavy (non-hydrogen) atoms. The van der Waals surface area contributed by atoms with Crippen molar-refractivity contribution in [2.75, 3.05) is 18.4 Å². The molecule has 0 atom stereocenters. The van der Waals surface area contributed by atoms with Gasteiger partial charge in [0, 0.05) is 13.1 Å². The van der Waals surface area contributed by atoms with Gasteiger partial charge in [-0.1, -0.05) is 24.3 Å². The van der Waals surface area contributed by atoms with Gasteiger partial charge < -0.3 is 10.6 Å². The van der Waals surface area contributed by atoms with Crippen LogP contribution in [0.25, 0.3) is 0 Å². The fraction of sp³-hybridized carbons (Fsp3) is 0.111. The second-order valence-electron chi connectivity index (χ2n) is 5.35. The van der Waals surface area contributed by atoms with Crippen LogP contribution in [0.2, 0.25) is 0 Å². The third kappa shape index (κ3) is 3.19. The molecule has 0 aliphatic carbocycles. The third-order valence-corrected chi connectivity index (χ3v) is 3.79. The standard InChI is InChI=1S/C18H14N4O3/c19-11-12-5-1-4-8-15(12)21-18(25)20-9-10-22-16(23)13-6-2-3-7-14(13)17(22)24/h1-8H,9-10H2,(H2,20,21,25). The number of nitrogens with zero attached hydrogens (tertiary/aromatic N) is 2. The maximum Gasteiger partial charge on any atom is 0.319 e. The molecule has 7 heteroatoms. The van der Waals surface area contributed by atoms with Gasteiger partial charge in [0.2, 0.25) is 0 Å². The first kappa shape index (κ1) is 16.2. The van der Waals surface area contributed by atoms with Crippen molar-refractivity contribution < 1.29 is 14.4 Å². The van der Waals surface area contributed by atoms with Crippen LogP contribution < -0.4 is 10.6 Å². The van der Waals surface area contributed by atoms with Crippen LogP contribution in [0, 0.1) is 11.3 Å². The molecule has 3 rings (SSSR count). The Kier molecular flexibility index (Phi) is 4.44. The van der Waals surface area contributed by atoms with Crippen LogP contribution in [-0.4, -0.2) is 35.8 Å². The maximum atomic E-state index is 12.2. The summed E-state index contributed by atoms with van der Waals surface area (Å²) in [5, 5.41) is 14.1. The smallest absolute Gasteiger partial charge is 0.319 e. The summed E-state index contributed by atoms with van der Waals surface area (Å²) in [4.78, 5) is 37.4. The summed E-state index contributed by atoms with van der Waals surface area (Å²) in [5.74, 6) is -0.727. The molecule has 0 spiro atoms. The van der Waals surface area contributed by atoms with Gasteiger partial charge in [0.05, 0.1) is 22.4 Å². The number of nitrogens with one attached hydrogen (secondary N) is 2. The van der Waals surface area contributed by atoms with Crippen molar-refractivity contribution in [3.05, 3.63) is 65.2 Å². The molecule has 2 aromatic rings. The summed E-state index contributed by atoms with van der Waals surface area (Å²) >= 11 is 0. The number of imide groups is 1. The van der Waals surface area contributed by atoms with Crippen LogP contribution in [0.1, 0.15) is 26.3 Å². The second kappa shape index (κ2) is 6.84. The molecule has 0 fully saturated rings. The number of carbonyl (C=O) groups is 3. The summed E-state index contributed by atoms with van der Waals surface area (Å²) in [5.41, 5.74) is 1.49. The van der Waals surface area contributed by atoms with Crippen molar-refractivity contribution in [2.45, 2.75) is 0 Å². The zero-order valence-corrected chi connectivity index (χ0v) is 13.2. The Morgan fingerprint density at radius 3 is 2.24 bits per heavy atom. The van der Waals surface area contributed by atoms with Crippen LogP contribution >= 0.6 is 0 Å². The normalized spacial score (nSPS) is 12.5. The van der Waals surface area contributed by atoms with E-state index in [9.17, 15) is 14.4 Å². The third-order valence-electron chi connectivity index (χ3n) is 3.79. The predicted molar refractivity (Wildman–Crippen MR) is 90.0 cm³/mol. The summed E-state index contributed by atoms with van der Waals surface area (Å²) in [6.45, 7) is 0.172. The number of amides is 4. The quantitative estimate of drug-likeness (QED) is 0.835. The zero-order valence-electron chi connectivity index (χ0n) is 13.2. The minimum atomic E-state index is -0.515. The van der Waals surface area contributed by atoms with Crippen molar-refractivity contribution in [1.82, 2.24) is 10.2 Å². The molecule has 2 N–H and O–H groups in total. The summed E-state index contributed by atoms with van der Waals surface area (Å²) in [6.07, 6.45) is 0. The first-order chi connectivity index (χ1) is 12.1. The van der Waals surface area contributed by atoms with Gasteiger partial charge >= 0.3 is 6.03 Å². The number of hydrogen-bond acceptors (Lipinski definition) is 4. The van der Waals surface area contributed by atoms with E-state index in [0.29, 0.717) is 22.4 Å². The monoisotopic (exact) mass is 334 g/mol. The SMILES string of the molecule is N#Cc1ccccc1NC(=O)NCCN1C(=O)c2ccccc2C1=O. The molecule has 2 aromatic carbocycles. The maximum absolute atomic E-state index is 12.2. The Morgan fingerprint density at radius 2 is 1.60 bits per heavy atom. The Hall–Kier alpha value is -3.66. The van der Waals surface area contributed by atoms with Crippen LogP contribution in [-0.2, 0) is 0 Å². The van der Waals surface area contributed by atoms with Gasteiger partial charge in [-0.25, -0.2) is 4.79 Å². The first-order valence-corrected chi connectivity index (χ1v) is 7.61. The fourth-order valence-corrected chi connectivity index (χ4v) is 2.58. The molecule has 0 bridgehead atoms. The molecule has 1 aliphatic heterocycles. The zero-order chi connectivity index (χ0) is 17.8. The van der Waals surface area contributed by atoms with E-state index >= 15 is 0 Å². The lowest BCUT2D eigenvalue weighted by Gasteiger charge is -2.14. The largest absolute Gasteiger partial charge is 0.336 e.